The minimum Gasteiger partial charge on any atom is -0.356 e. The number of piperidine rings is 1. The first kappa shape index (κ1) is 16.0. The maximum atomic E-state index is 12.0. The average Bonchev–Trinajstić information content (AvgIpc) is 3.32. The minimum atomic E-state index is -0.0462. The highest BCUT2D eigenvalue weighted by atomic mass is 32.1. The number of rotatable bonds is 5. The standard InChI is InChI=1S/C17H20N6OS/c24-17(14-5-4-10-25-14)18-6-9-23-16-13(11-21-23)15(19-12-20-16)22-7-2-1-3-8-22/h4-5,10-12H,1-3,6-9H2,(H,18,24). The van der Waals surface area contributed by atoms with Gasteiger partial charge in [0.05, 0.1) is 23.0 Å². The zero-order valence-electron chi connectivity index (χ0n) is 13.9. The molecule has 130 valence electrons. The van der Waals surface area contributed by atoms with E-state index in [1.165, 1.54) is 30.6 Å². The first-order valence-corrected chi connectivity index (χ1v) is 9.44. The van der Waals surface area contributed by atoms with Crippen LogP contribution in [0.3, 0.4) is 0 Å². The number of carbonyl (C=O) groups excluding carboxylic acids is 1. The van der Waals surface area contributed by atoms with Crippen molar-refractivity contribution in [3.05, 3.63) is 34.9 Å². The van der Waals surface area contributed by atoms with Crippen molar-refractivity contribution < 1.29 is 4.79 Å². The quantitative estimate of drug-likeness (QED) is 0.759. The number of nitrogens with one attached hydrogen (secondary N) is 1. The topological polar surface area (TPSA) is 75.9 Å². The molecule has 0 atom stereocenters. The van der Waals surface area contributed by atoms with Gasteiger partial charge in [0.15, 0.2) is 5.65 Å². The van der Waals surface area contributed by atoms with Gasteiger partial charge in [-0.05, 0) is 30.7 Å². The molecule has 1 N–H and O–H groups in total. The summed E-state index contributed by atoms with van der Waals surface area (Å²) in [7, 11) is 0. The molecule has 8 heteroatoms. The van der Waals surface area contributed by atoms with E-state index >= 15 is 0 Å². The van der Waals surface area contributed by atoms with Crippen LogP contribution >= 0.6 is 11.3 Å². The van der Waals surface area contributed by atoms with Crippen molar-refractivity contribution in [2.45, 2.75) is 25.8 Å². The van der Waals surface area contributed by atoms with Crippen LogP contribution in [0.4, 0.5) is 5.82 Å². The average molecular weight is 356 g/mol. The Morgan fingerprint density at radius 1 is 1.24 bits per heavy atom. The lowest BCUT2D eigenvalue weighted by Crippen LogP contribution is -2.30. The normalized spacial score (nSPS) is 14.8. The highest BCUT2D eigenvalue weighted by molar-refractivity contribution is 7.12. The zero-order valence-corrected chi connectivity index (χ0v) is 14.7. The predicted molar refractivity (Wildman–Crippen MR) is 98.0 cm³/mol. The molecule has 4 rings (SSSR count). The Labute approximate surface area is 149 Å². The second kappa shape index (κ2) is 7.18. The van der Waals surface area contributed by atoms with Crippen LogP contribution in [0, 0.1) is 0 Å². The molecule has 3 aromatic rings. The van der Waals surface area contributed by atoms with Crippen LogP contribution in [-0.4, -0.2) is 45.3 Å². The highest BCUT2D eigenvalue weighted by Crippen LogP contribution is 2.25. The maximum Gasteiger partial charge on any atom is 0.261 e. The monoisotopic (exact) mass is 356 g/mol. The Kier molecular flexibility index (Phi) is 4.60. The van der Waals surface area contributed by atoms with Crippen LogP contribution < -0.4 is 10.2 Å². The highest BCUT2D eigenvalue weighted by Gasteiger charge is 2.17. The van der Waals surface area contributed by atoms with Gasteiger partial charge in [0.2, 0.25) is 0 Å². The van der Waals surface area contributed by atoms with Gasteiger partial charge in [-0.25, -0.2) is 14.6 Å². The fourth-order valence-corrected chi connectivity index (χ4v) is 3.81. The van der Waals surface area contributed by atoms with Crippen molar-refractivity contribution in [1.29, 1.82) is 0 Å². The number of thiophene rings is 1. The van der Waals surface area contributed by atoms with Crippen LogP contribution in [0.1, 0.15) is 28.9 Å². The minimum absolute atomic E-state index is 0.0462. The summed E-state index contributed by atoms with van der Waals surface area (Å²) in [6.45, 7) is 3.16. The van der Waals surface area contributed by atoms with E-state index in [0.717, 1.165) is 34.8 Å². The lowest BCUT2D eigenvalue weighted by atomic mass is 10.1. The molecule has 1 aliphatic heterocycles. The van der Waals surface area contributed by atoms with E-state index in [-0.39, 0.29) is 5.91 Å². The molecule has 1 fully saturated rings. The molecule has 0 spiro atoms. The summed E-state index contributed by atoms with van der Waals surface area (Å²) < 4.78 is 1.83. The summed E-state index contributed by atoms with van der Waals surface area (Å²) in [4.78, 5) is 23.9. The molecule has 0 aromatic carbocycles. The number of carbonyl (C=O) groups is 1. The van der Waals surface area contributed by atoms with E-state index in [2.05, 4.69) is 25.3 Å². The largest absolute Gasteiger partial charge is 0.356 e. The Morgan fingerprint density at radius 2 is 2.12 bits per heavy atom. The number of aromatic nitrogens is 4. The van der Waals surface area contributed by atoms with Crippen LogP contribution in [0.5, 0.6) is 0 Å². The molecule has 7 nitrogen and oxygen atoms in total. The van der Waals surface area contributed by atoms with Gasteiger partial charge in [0.25, 0.3) is 5.91 Å². The fraction of sp³-hybridized carbons (Fsp3) is 0.412. The fourth-order valence-electron chi connectivity index (χ4n) is 3.17. The van der Waals surface area contributed by atoms with E-state index in [4.69, 9.17) is 0 Å². The van der Waals surface area contributed by atoms with Crippen LogP contribution in [0.15, 0.2) is 30.0 Å². The third-order valence-electron chi connectivity index (χ3n) is 4.42. The number of anilines is 1. The van der Waals surface area contributed by atoms with Crippen molar-refractivity contribution in [3.8, 4) is 0 Å². The van der Waals surface area contributed by atoms with E-state index in [9.17, 15) is 4.79 Å². The molecule has 0 radical (unpaired) electrons. The molecule has 3 aromatic heterocycles. The lowest BCUT2D eigenvalue weighted by Gasteiger charge is -2.27. The molecule has 1 aliphatic rings. The van der Waals surface area contributed by atoms with Gasteiger partial charge >= 0.3 is 0 Å². The predicted octanol–water partition coefficient (Wildman–Crippen LogP) is 2.31. The molecule has 1 amide bonds. The zero-order chi connectivity index (χ0) is 17.1. The number of nitrogens with zero attached hydrogens (tertiary/aromatic N) is 5. The summed E-state index contributed by atoms with van der Waals surface area (Å²) in [5.41, 5.74) is 0.820. The van der Waals surface area contributed by atoms with Gasteiger partial charge in [-0.2, -0.15) is 5.10 Å². The van der Waals surface area contributed by atoms with E-state index in [0.29, 0.717) is 13.1 Å². The summed E-state index contributed by atoms with van der Waals surface area (Å²) in [6.07, 6.45) is 7.13. The molecule has 0 saturated carbocycles. The molecular formula is C17H20N6OS. The summed E-state index contributed by atoms with van der Waals surface area (Å²) in [5.74, 6) is 0.925. The van der Waals surface area contributed by atoms with Gasteiger partial charge in [-0.1, -0.05) is 6.07 Å². The molecule has 1 saturated heterocycles. The Balaban J connectivity index is 1.46. The molecule has 4 heterocycles. The molecule has 0 bridgehead atoms. The first-order chi connectivity index (χ1) is 12.3. The number of hydrogen-bond acceptors (Lipinski definition) is 6. The summed E-state index contributed by atoms with van der Waals surface area (Å²) in [5, 5.41) is 10.3. The molecular weight excluding hydrogens is 336 g/mol. The Morgan fingerprint density at radius 3 is 2.92 bits per heavy atom. The van der Waals surface area contributed by atoms with Crippen LogP contribution in [0.2, 0.25) is 0 Å². The maximum absolute atomic E-state index is 12.0. The van der Waals surface area contributed by atoms with Gasteiger partial charge in [0.1, 0.15) is 12.1 Å². The Bertz CT molecular complexity index is 853. The van der Waals surface area contributed by atoms with E-state index in [1.807, 2.05) is 28.4 Å². The number of fused-ring (bicyclic) bond motifs is 1. The van der Waals surface area contributed by atoms with Crippen LogP contribution in [0.25, 0.3) is 11.0 Å². The number of amides is 1. The second-order valence-corrected chi connectivity index (χ2v) is 7.03. The second-order valence-electron chi connectivity index (χ2n) is 6.08. The van der Waals surface area contributed by atoms with Crippen molar-refractivity contribution >= 4 is 34.1 Å². The van der Waals surface area contributed by atoms with Crippen LogP contribution in [-0.2, 0) is 6.54 Å². The Hall–Kier alpha value is -2.48. The SMILES string of the molecule is O=C(NCCn1ncc2c(N3CCCCC3)ncnc21)c1cccs1. The van der Waals surface area contributed by atoms with Crippen molar-refractivity contribution in [2.24, 2.45) is 0 Å². The van der Waals surface area contributed by atoms with Gasteiger partial charge in [0, 0.05) is 19.6 Å². The van der Waals surface area contributed by atoms with E-state index < -0.39 is 0 Å². The third kappa shape index (κ3) is 3.34. The van der Waals surface area contributed by atoms with Gasteiger partial charge in [-0.15, -0.1) is 11.3 Å². The lowest BCUT2D eigenvalue weighted by molar-refractivity contribution is 0.0956. The summed E-state index contributed by atoms with van der Waals surface area (Å²) in [6, 6.07) is 3.70. The van der Waals surface area contributed by atoms with Crippen molar-refractivity contribution in [1.82, 2.24) is 25.1 Å². The van der Waals surface area contributed by atoms with E-state index in [1.54, 1.807) is 6.33 Å². The first-order valence-electron chi connectivity index (χ1n) is 8.56. The molecule has 25 heavy (non-hydrogen) atoms. The van der Waals surface area contributed by atoms with Crippen molar-refractivity contribution in [2.75, 3.05) is 24.5 Å². The number of hydrogen-bond donors (Lipinski definition) is 1. The van der Waals surface area contributed by atoms with Gasteiger partial charge < -0.3 is 10.2 Å². The van der Waals surface area contributed by atoms with Crippen molar-refractivity contribution in [3.63, 3.8) is 0 Å². The summed E-state index contributed by atoms with van der Waals surface area (Å²) >= 11 is 1.44. The molecule has 0 unspecified atom stereocenters. The van der Waals surface area contributed by atoms with Gasteiger partial charge in [-0.3, -0.25) is 4.79 Å². The third-order valence-corrected chi connectivity index (χ3v) is 5.29. The molecule has 0 aliphatic carbocycles. The smallest absolute Gasteiger partial charge is 0.261 e.